The topological polar surface area (TPSA) is 46.1 Å². The number of para-hydroxylation sites is 1. The van der Waals surface area contributed by atoms with Crippen molar-refractivity contribution < 1.29 is 4.79 Å². The van der Waals surface area contributed by atoms with Gasteiger partial charge in [0.2, 0.25) is 5.91 Å². The van der Waals surface area contributed by atoms with Gasteiger partial charge in [0.05, 0.1) is 5.69 Å². The zero-order chi connectivity index (χ0) is 16.4. The van der Waals surface area contributed by atoms with Gasteiger partial charge in [-0.3, -0.25) is 9.78 Å². The summed E-state index contributed by atoms with van der Waals surface area (Å²) in [7, 11) is 0. The lowest BCUT2D eigenvalue weighted by Crippen LogP contribution is -2.29. The minimum absolute atomic E-state index is 0.179. The van der Waals surface area contributed by atoms with E-state index in [1.807, 2.05) is 40.6 Å². The second kappa shape index (κ2) is 6.53. The monoisotopic (exact) mass is 335 g/mol. The lowest BCUT2D eigenvalue weighted by molar-refractivity contribution is -0.118. The highest BCUT2D eigenvalue weighted by molar-refractivity contribution is 7.13. The van der Waals surface area contributed by atoms with E-state index >= 15 is 0 Å². The first-order chi connectivity index (χ1) is 11.8. The normalized spacial score (nSPS) is 13.1. The van der Waals surface area contributed by atoms with Crippen LogP contribution >= 0.6 is 11.3 Å². The highest BCUT2D eigenvalue weighted by Gasteiger charge is 2.23. The molecule has 1 aromatic carbocycles. The summed E-state index contributed by atoms with van der Waals surface area (Å²) in [4.78, 5) is 23.1. The third-order valence-electron chi connectivity index (χ3n) is 4.26. The van der Waals surface area contributed by atoms with E-state index in [2.05, 4.69) is 16.0 Å². The predicted molar refractivity (Wildman–Crippen MR) is 96.2 cm³/mol. The first kappa shape index (κ1) is 15.0. The van der Waals surface area contributed by atoms with Crippen molar-refractivity contribution in [3.63, 3.8) is 0 Å². The molecule has 0 fully saturated rings. The number of rotatable bonds is 4. The first-order valence-corrected chi connectivity index (χ1v) is 8.92. The van der Waals surface area contributed by atoms with Crippen LogP contribution in [0.2, 0.25) is 0 Å². The van der Waals surface area contributed by atoms with Crippen molar-refractivity contribution in [3.8, 4) is 10.6 Å². The maximum atomic E-state index is 12.6. The van der Waals surface area contributed by atoms with Crippen LogP contribution in [0, 0.1) is 0 Å². The Kier molecular flexibility index (Phi) is 4.09. The molecule has 0 unspecified atom stereocenters. The number of hydrogen-bond donors (Lipinski definition) is 0. The Morgan fingerprint density at radius 2 is 2.00 bits per heavy atom. The molecule has 0 N–H and O–H groups in total. The van der Waals surface area contributed by atoms with E-state index < -0.39 is 0 Å². The van der Waals surface area contributed by atoms with E-state index in [1.54, 1.807) is 23.7 Å². The fourth-order valence-electron chi connectivity index (χ4n) is 3.02. The third kappa shape index (κ3) is 2.95. The van der Waals surface area contributed by atoms with Gasteiger partial charge in [0.1, 0.15) is 5.01 Å². The SMILES string of the molecule is O=C(CCc1csc(-c2ccncc2)n1)N1CCc2ccccc21. The highest BCUT2D eigenvalue weighted by atomic mass is 32.1. The molecule has 5 heteroatoms. The number of carbonyl (C=O) groups is 1. The molecular weight excluding hydrogens is 318 g/mol. The van der Waals surface area contributed by atoms with Crippen LogP contribution < -0.4 is 4.90 Å². The largest absolute Gasteiger partial charge is 0.312 e. The summed E-state index contributed by atoms with van der Waals surface area (Å²) < 4.78 is 0. The molecule has 24 heavy (non-hydrogen) atoms. The molecule has 0 spiro atoms. The van der Waals surface area contributed by atoms with Gasteiger partial charge in [-0.15, -0.1) is 11.3 Å². The molecule has 1 aliphatic rings. The molecule has 4 rings (SSSR count). The zero-order valence-corrected chi connectivity index (χ0v) is 14.0. The number of aromatic nitrogens is 2. The van der Waals surface area contributed by atoms with E-state index in [-0.39, 0.29) is 5.91 Å². The first-order valence-electron chi connectivity index (χ1n) is 8.04. The summed E-state index contributed by atoms with van der Waals surface area (Å²) in [5, 5.41) is 3.02. The maximum absolute atomic E-state index is 12.6. The highest BCUT2D eigenvalue weighted by Crippen LogP contribution is 2.28. The Bertz CT molecular complexity index is 860. The summed E-state index contributed by atoms with van der Waals surface area (Å²) >= 11 is 1.61. The molecule has 0 radical (unpaired) electrons. The molecule has 0 bridgehead atoms. The number of carbonyl (C=O) groups excluding carboxylic acids is 1. The van der Waals surface area contributed by atoms with Crippen LogP contribution in [0.25, 0.3) is 10.6 Å². The Morgan fingerprint density at radius 1 is 1.17 bits per heavy atom. The average Bonchev–Trinajstić information content (AvgIpc) is 3.27. The fourth-order valence-corrected chi connectivity index (χ4v) is 3.88. The number of anilines is 1. The number of thiazole rings is 1. The fraction of sp³-hybridized carbons (Fsp3) is 0.211. The zero-order valence-electron chi connectivity index (χ0n) is 13.2. The molecule has 3 heterocycles. The quantitative estimate of drug-likeness (QED) is 0.730. The number of hydrogen-bond acceptors (Lipinski definition) is 4. The molecule has 0 saturated carbocycles. The lowest BCUT2D eigenvalue weighted by Gasteiger charge is -2.16. The van der Waals surface area contributed by atoms with Crippen LogP contribution in [0.4, 0.5) is 5.69 Å². The Hall–Kier alpha value is -2.53. The van der Waals surface area contributed by atoms with Crippen molar-refractivity contribution in [2.75, 3.05) is 11.4 Å². The number of amides is 1. The lowest BCUT2D eigenvalue weighted by atomic mass is 10.2. The second-order valence-electron chi connectivity index (χ2n) is 5.80. The van der Waals surface area contributed by atoms with E-state index in [4.69, 9.17) is 0 Å². The van der Waals surface area contributed by atoms with Crippen LogP contribution in [0.3, 0.4) is 0 Å². The minimum Gasteiger partial charge on any atom is -0.312 e. The Morgan fingerprint density at radius 3 is 2.88 bits per heavy atom. The summed E-state index contributed by atoms with van der Waals surface area (Å²) in [5.74, 6) is 0.179. The van der Waals surface area contributed by atoms with Gasteiger partial charge in [0.25, 0.3) is 0 Å². The molecule has 120 valence electrons. The summed E-state index contributed by atoms with van der Waals surface area (Å²) in [6.07, 6.45) is 5.66. The molecule has 0 atom stereocenters. The Labute approximate surface area is 144 Å². The van der Waals surface area contributed by atoms with Crippen LogP contribution in [0.15, 0.2) is 54.2 Å². The molecular formula is C19H17N3OS. The van der Waals surface area contributed by atoms with Gasteiger partial charge in [0, 0.05) is 42.0 Å². The molecule has 0 saturated heterocycles. The van der Waals surface area contributed by atoms with E-state index in [0.717, 1.165) is 34.9 Å². The van der Waals surface area contributed by atoms with Crippen molar-refractivity contribution in [2.24, 2.45) is 0 Å². The number of nitrogens with zero attached hydrogens (tertiary/aromatic N) is 3. The molecule has 0 aliphatic carbocycles. The molecule has 1 amide bonds. The summed E-state index contributed by atoms with van der Waals surface area (Å²) in [6.45, 7) is 0.789. The smallest absolute Gasteiger partial charge is 0.227 e. The van der Waals surface area contributed by atoms with Crippen LogP contribution in [0.5, 0.6) is 0 Å². The van der Waals surface area contributed by atoms with Crippen LogP contribution in [-0.4, -0.2) is 22.4 Å². The van der Waals surface area contributed by atoms with Crippen molar-refractivity contribution in [2.45, 2.75) is 19.3 Å². The predicted octanol–water partition coefficient (Wildman–Crippen LogP) is 3.73. The maximum Gasteiger partial charge on any atom is 0.227 e. The summed E-state index contributed by atoms with van der Waals surface area (Å²) in [5.41, 5.74) is 4.38. The van der Waals surface area contributed by atoms with Gasteiger partial charge >= 0.3 is 0 Å². The van der Waals surface area contributed by atoms with Crippen molar-refractivity contribution in [3.05, 3.63) is 65.4 Å². The van der Waals surface area contributed by atoms with Crippen LogP contribution in [0.1, 0.15) is 17.7 Å². The number of fused-ring (bicyclic) bond motifs is 1. The Balaban J connectivity index is 1.41. The van der Waals surface area contributed by atoms with Gasteiger partial charge in [-0.2, -0.15) is 0 Å². The van der Waals surface area contributed by atoms with Crippen molar-refractivity contribution >= 4 is 22.9 Å². The van der Waals surface area contributed by atoms with Crippen molar-refractivity contribution in [1.29, 1.82) is 0 Å². The molecule has 4 nitrogen and oxygen atoms in total. The van der Waals surface area contributed by atoms with Gasteiger partial charge < -0.3 is 4.90 Å². The van der Waals surface area contributed by atoms with E-state index in [9.17, 15) is 4.79 Å². The average molecular weight is 335 g/mol. The van der Waals surface area contributed by atoms with Gasteiger partial charge in [0.15, 0.2) is 0 Å². The standard InChI is InChI=1S/C19H17N3OS/c23-18(22-12-9-14-3-1-2-4-17(14)22)6-5-16-13-24-19(21-16)15-7-10-20-11-8-15/h1-4,7-8,10-11,13H,5-6,9,12H2. The van der Waals surface area contributed by atoms with E-state index in [0.29, 0.717) is 12.8 Å². The summed E-state index contributed by atoms with van der Waals surface area (Å²) in [6, 6.07) is 12.1. The van der Waals surface area contributed by atoms with E-state index in [1.165, 1.54) is 5.56 Å². The number of aryl methyl sites for hydroxylation is 1. The van der Waals surface area contributed by atoms with Crippen LogP contribution in [-0.2, 0) is 17.6 Å². The number of pyridine rings is 1. The second-order valence-corrected chi connectivity index (χ2v) is 6.66. The van der Waals surface area contributed by atoms with Gasteiger partial charge in [-0.1, -0.05) is 18.2 Å². The molecule has 3 aromatic rings. The number of benzene rings is 1. The van der Waals surface area contributed by atoms with Crippen molar-refractivity contribution in [1.82, 2.24) is 9.97 Å². The minimum atomic E-state index is 0.179. The molecule has 2 aromatic heterocycles. The third-order valence-corrected chi connectivity index (χ3v) is 5.20. The molecule has 1 aliphatic heterocycles. The van der Waals surface area contributed by atoms with Gasteiger partial charge in [-0.05, 0) is 36.6 Å². The van der Waals surface area contributed by atoms with Gasteiger partial charge in [-0.25, -0.2) is 4.98 Å².